The molecular formula is C25H21Cl2N3O. The number of carbonyl (C=O) groups excluding carboxylic acids is 1. The molecule has 156 valence electrons. The lowest BCUT2D eigenvalue weighted by Gasteiger charge is -2.36. The van der Waals surface area contributed by atoms with Crippen LogP contribution >= 0.6 is 23.2 Å². The van der Waals surface area contributed by atoms with Gasteiger partial charge in [-0.2, -0.15) is 0 Å². The normalized spacial score (nSPS) is 15.7. The van der Waals surface area contributed by atoms with Gasteiger partial charge in [0.25, 0.3) is 0 Å². The summed E-state index contributed by atoms with van der Waals surface area (Å²) in [6.07, 6.45) is 0.744. The Morgan fingerprint density at radius 2 is 1.84 bits per heavy atom. The molecule has 0 saturated heterocycles. The highest BCUT2D eigenvalue weighted by molar-refractivity contribution is 6.33. The van der Waals surface area contributed by atoms with Gasteiger partial charge < -0.3 is 15.2 Å². The third kappa shape index (κ3) is 3.67. The van der Waals surface area contributed by atoms with E-state index in [0.717, 1.165) is 28.6 Å². The molecule has 1 atom stereocenters. The lowest BCUT2D eigenvalue weighted by Crippen LogP contribution is -2.43. The van der Waals surface area contributed by atoms with Gasteiger partial charge >= 0.3 is 6.03 Å². The Morgan fingerprint density at radius 3 is 2.61 bits per heavy atom. The predicted octanol–water partition coefficient (Wildman–Crippen LogP) is 6.96. The van der Waals surface area contributed by atoms with Gasteiger partial charge in [-0.15, -0.1) is 0 Å². The summed E-state index contributed by atoms with van der Waals surface area (Å²) in [7, 11) is 0. The molecule has 0 unspecified atom stereocenters. The molecule has 1 aliphatic heterocycles. The number of carbonyl (C=O) groups is 1. The summed E-state index contributed by atoms with van der Waals surface area (Å²) in [5.41, 5.74) is 6.10. The summed E-state index contributed by atoms with van der Waals surface area (Å²) in [4.78, 5) is 18.8. The second kappa shape index (κ2) is 7.95. The van der Waals surface area contributed by atoms with E-state index >= 15 is 0 Å². The topological polar surface area (TPSA) is 48.1 Å². The maximum atomic E-state index is 13.4. The number of aromatic amines is 1. The minimum Gasteiger partial charge on any atom is -0.356 e. The summed E-state index contributed by atoms with van der Waals surface area (Å²) >= 11 is 12.5. The van der Waals surface area contributed by atoms with Crippen molar-refractivity contribution in [3.63, 3.8) is 0 Å². The van der Waals surface area contributed by atoms with Crippen molar-refractivity contribution in [2.75, 3.05) is 11.9 Å². The number of anilines is 1. The maximum Gasteiger partial charge on any atom is 0.322 e. The predicted molar refractivity (Wildman–Crippen MR) is 127 cm³/mol. The van der Waals surface area contributed by atoms with Crippen LogP contribution in [-0.4, -0.2) is 22.5 Å². The van der Waals surface area contributed by atoms with Crippen molar-refractivity contribution in [2.24, 2.45) is 0 Å². The monoisotopic (exact) mass is 449 g/mol. The van der Waals surface area contributed by atoms with E-state index in [4.69, 9.17) is 23.2 Å². The molecule has 4 aromatic rings. The zero-order valence-electron chi connectivity index (χ0n) is 17.0. The third-order valence-corrected chi connectivity index (χ3v) is 6.42. The second-order valence-corrected chi connectivity index (χ2v) is 8.72. The van der Waals surface area contributed by atoms with Gasteiger partial charge in [-0.25, -0.2) is 4.79 Å². The first kappa shape index (κ1) is 20.0. The number of benzene rings is 3. The van der Waals surface area contributed by atoms with Gasteiger partial charge in [-0.05, 0) is 54.8 Å². The van der Waals surface area contributed by atoms with Crippen LogP contribution < -0.4 is 5.32 Å². The third-order valence-electron chi connectivity index (χ3n) is 5.86. The van der Waals surface area contributed by atoms with Crippen molar-refractivity contribution in [2.45, 2.75) is 19.4 Å². The molecule has 2 heterocycles. The largest absolute Gasteiger partial charge is 0.356 e. The van der Waals surface area contributed by atoms with Crippen LogP contribution in [0.2, 0.25) is 10.0 Å². The molecule has 0 radical (unpaired) electrons. The quantitative estimate of drug-likeness (QED) is 0.341. The van der Waals surface area contributed by atoms with E-state index < -0.39 is 0 Å². The minimum absolute atomic E-state index is 0.180. The Balaban J connectivity index is 1.60. The first-order valence-corrected chi connectivity index (χ1v) is 11.0. The van der Waals surface area contributed by atoms with Gasteiger partial charge in [0.15, 0.2) is 0 Å². The summed E-state index contributed by atoms with van der Waals surface area (Å²) in [6, 6.07) is 21.1. The lowest BCUT2D eigenvalue weighted by molar-refractivity contribution is 0.193. The molecule has 1 aromatic heterocycles. The number of rotatable bonds is 2. The van der Waals surface area contributed by atoms with Crippen molar-refractivity contribution in [3.05, 3.63) is 99.2 Å². The fourth-order valence-corrected chi connectivity index (χ4v) is 4.68. The fraction of sp³-hybridized carbons (Fsp3) is 0.160. The van der Waals surface area contributed by atoms with E-state index in [1.807, 2.05) is 35.2 Å². The number of H-pyrrole nitrogens is 1. The van der Waals surface area contributed by atoms with Gasteiger partial charge in [-0.1, -0.05) is 65.2 Å². The average Bonchev–Trinajstić information content (AvgIpc) is 3.13. The maximum absolute atomic E-state index is 13.4. The zero-order valence-corrected chi connectivity index (χ0v) is 18.5. The van der Waals surface area contributed by atoms with Crippen LogP contribution in [0.3, 0.4) is 0 Å². The number of nitrogens with one attached hydrogen (secondary N) is 2. The first-order chi connectivity index (χ1) is 15.0. The molecule has 5 rings (SSSR count). The van der Waals surface area contributed by atoms with Crippen LogP contribution in [0.4, 0.5) is 10.5 Å². The molecular weight excluding hydrogens is 429 g/mol. The summed E-state index contributed by atoms with van der Waals surface area (Å²) in [6.45, 7) is 2.64. The van der Waals surface area contributed by atoms with Gasteiger partial charge in [-0.3, -0.25) is 0 Å². The molecule has 6 heteroatoms. The van der Waals surface area contributed by atoms with E-state index in [9.17, 15) is 4.79 Å². The van der Waals surface area contributed by atoms with Crippen LogP contribution in [0, 0.1) is 6.92 Å². The SMILES string of the molecule is Cc1ccc([C@@H]2c3[nH]c4ccc(Cl)cc4c3CCN2C(=O)Nc2ccccc2Cl)cc1. The van der Waals surface area contributed by atoms with Crippen molar-refractivity contribution in [1.82, 2.24) is 9.88 Å². The number of amides is 2. The number of urea groups is 1. The zero-order chi connectivity index (χ0) is 21.5. The summed E-state index contributed by atoms with van der Waals surface area (Å²) < 4.78 is 0. The van der Waals surface area contributed by atoms with Gasteiger partial charge in [0.2, 0.25) is 0 Å². The number of nitrogens with zero attached hydrogens (tertiary/aromatic N) is 1. The van der Waals surface area contributed by atoms with Crippen LogP contribution in [0.5, 0.6) is 0 Å². The minimum atomic E-state index is -0.238. The van der Waals surface area contributed by atoms with E-state index in [0.29, 0.717) is 22.3 Å². The molecule has 0 aliphatic carbocycles. The van der Waals surface area contributed by atoms with Crippen LogP contribution in [-0.2, 0) is 6.42 Å². The summed E-state index contributed by atoms with van der Waals surface area (Å²) in [5.74, 6) is 0. The molecule has 0 fully saturated rings. The number of hydrogen-bond donors (Lipinski definition) is 2. The molecule has 0 spiro atoms. The van der Waals surface area contributed by atoms with Gasteiger partial charge in [0.1, 0.15) is 0 Å². The van der Waals surface area contributed by atoms with Crippen molar-refractivity contribution in [3.8, 4) is 0 Å². The van der Waals surface area contributed by atoms with E-state index in [-0.39, 0.29) is 12.1 Å². The average molecular weight is 450 g/mol. The van der Waals surface area contributed by atoms with Crippen molar-refractivity contribution < 1.29 is 4.79 Å². The smallest absolute Gasteiger partial charge is 0.322 e. The Labute approximate surface area is 190 Å². The van der Waals surface area contributed by atoms with Crippen LogP contribution in [0.15, 0.2) is 66.7 Å². The van der Waals surface area contributed by atoms with E-state index in [1.54, 1.807) is 12.1 Å². The Hall–Kier alpha value is -2.95. The van der Waals surface area contributed by atoms with E-state index in [1.165, 1.54) is 11.1 Å². The van der Waals surface area contributed by atoms with Gasteiger partial charge in [0, 0.05) is 28.2 Å². The van der Waals surface area contributed by atoms with Crippen LogP contribution in [0.1, 0.15) is 28.4 Å². The lowest BCUT2D eigenvalue weighted by atomic mass is 9.92. The molecule has 0 saturated carbocycles. The molecule has 31 heavy (non-hydrogen) atoms. The molecule has 2 N–H and O–H groups in total. The van der Waals surface area contributed by atoms with E-state index in [2.05, 4.69) is 41.5 Å². The number of aromatic nitrogens is 1. The highest BCUT2D eigenvalue weighted by Crippen LogP contribution is 2.39. The van der Waals surface area contributed by atoms with Crippen LogP contribution in [0.25, 0.3) is 10.9 Å². The van der Waals surface area contributed by atoms with Crippen molar-refractivity contribution >= 4 is 45.8 Å². The molecule has 1 aliphatic rings. The standard InChI is InChI=1S/C25H21Cl2N3O/c1-15-6-8-16(9-7-15)24-23-18(19-14-17(26)10-11-21(19)28-23)12-13-30(24)25(31)29-22-5-3-2-4-20(22)27/h2-11,14,24,28H,12-13H2,1H3,(H,29,31)/t24-/m1/s1. The first-order valence-electron chi connectivity index (χ1n) is 10.2. The number of halogens is 2. The highest BCUT2D eigenvalue weighted by atomic mass is 35.5. The molecule has 4 nitrogen and oxygen atoms in total. The Bertz CT molecular complexity index is 1280. The number of aryl methyl sites for hydroxylation is 1. The number of para-hydroxylation sites is 1. The Kier molecular flexibility index (Phi) is 5.12. The molecule has 0 bridgehead atoms. The number of fused-ring (bicyclic) bond motifs is 3. The summed E-state index contributed by atoms with van der Waals surface area (Å²) in [5, 5.41) is 5.32. The molecule has 3 aromatic carbocycles. The number of hydrogen-bond acceptors (Lipinski definition) is 1. The molecule has 2 amide bonds. The highest BCUT2D eigenvalue weighted by Gasteiger charge is 2.34. The Morgan fingerprint density at radius 1 is 1.06 bits per heavy atom. The van der Waals surface area contributed by atoms with Crippen molar-refractivity contribution in [1.29, 1.82) is 0 Å². The van der Waals surface area contributed by atoms with Gasteiger partial charge in [0.05, 0.1) is 16.8 Å². The second-order valence-electron chi connectivity index (χ2n) is 7.87. The fourth-order valence-electron chi connectivity index (χ4n) is 4.32.